The number of benzene rings is 1. The number of rotatable bonds is 3. The molecule has 8 heteroatoms. The zero-order chi connectivity index (χ0) is 16.5. The highest BCUT2D eigenvalue weighted by molar-refractivity contribution is 5.55. The Bertz CT molecular complexity index is 529. The molecule has 0 bridgehead atoms. The lowest BCUT2D eigenvalue weighted by Gasteiger charge is -2.23. The van der Waals surface area contributed by atoms with Crippen molar-refractivity contribution in [3.8, 4) is 0 Å². The van der Waals surface area contributed by atoms with Crippen LogP contribution in [0.4, 0.5) is 32.0 Å². The SMILES string of the molecule is CCCN1C=CN(c2cc(C(F)(F)F)cc(C(F)(F)F)c2)C1. The van der Waals surface area contributed by atoms with Gasteiger partial charge in [-0.25, -0.2) is 0 Å². The van der Waals surface area contributed by atoms with E-state index in [-0.39, 0.29) is 18.4 Å². The highest BCUT2D eigenvalue weighted by Gasteiger charge is 2.37. The van der Waals surface area contributed by atoms with Gasteiger partial charge in [-0.05, 0) is 24.6 Å². The first-order valence-corrected chi connectivity index (χ1v) is 6.60. The molecule has 2 rings (SSSR count). The fourth-order valence-electron chi connectivity index (χ4n) is 2.17. The van der Waals surface area contributed by atoms with Crippen LogP contribution in [0.2, 0.25) is 0 Å². The monoisotopic (exact) mass is 324 g/mol. The fourth-order valence-corrected chi connectivity index (χ4v) is 2.17. The largest absolute Gasteiger partial charge is 0.416 e. The van der Waals surface area contributed by atoms with Crippen molar-refractivity contribution in [2.24, 2.45) is 0 Å². The second kappa shape index (κ2) is 5.73. The van der Waals surface area contributed by atoms with E-state index in [9.17, 15) is 26.3 Å². The molecule has 0 N–H and O–H groups in total. The summed E-state index contributed by atoms with van der Waals surface area (Å²) in [4.78, 5) is 3.17. The van der Waals surface area contributed by atoms with Crippen LogP contribution in [0, 0.1) is 0 Å². The molecule has 1 aliphatic rings. The van der Waals surface area contributed by atoms with Gasteiger partial charge in [0.25, 0.3) is 0 Å². The molecule has 0 radical (unpaired) electrons. The van der Waals surface area contributed by atoms with Crippen LogP contribution < -0.4 is 4.90 Å². The summed E-state index contributed by atoms with van der Waals surface area (Å²) in [6.45, 7) is 2.84. The number of alkyl halides is 6. The molecule has 0 aromatic heterocycles. The number of anilines is 1. The summed E-state index contributed by atoms with van der Waals surface area (Å²) in [7, 11) is 0. The predicted octanol–water partition coefficient (Wildman–Crippen LogP) is 4.68. The van der Waals surface area contributed by atoms with Crippen LogP contribution in [0.5, 0.6) is 0 Å². The molecule has 0 unspecified atom stereocenters. The van der Waals surface area contributed by atoms with Crippen LogP contribution in [0.3, 0.4) is 0 Å². The van der Waals surface area contributed by atoms with Gasteiger partial charge in [-0.15, -0.1) is 0 Å². The molecule has 1 aromatic rings. The van der Waals surface area contributed by atoms with E-state index in [0.29, 0.717) is 6.54 Å². The average molecular weight is 324 g/mol. The Kier molecular flexibility index (Phi) is 4.30. The Morgan fingerprint density at radius 1 is 0.909 bits per heavy atom. The van der Waals surface area contributed by atoms with E-state index in [1.807, 2.05) is 11.8 Å². The summed E-state index contributed by atoms with van der Waals surface area (Å²) in [6.07, 6.45) is -5.71. The van der Waals surface area contributed by atoms with E-state index < -0.39 is 23.5 Å². The van der Waals surface area contributed by atoms with Crippen molar-refractivity contribution in [1.29, 1.82) is 0 Å². The van der Waals surface area contributed by atoms with E-state index in [2.05, 4.69) is 0 Å². The first-order chi connectivity index (χ1) is 10.1. The molecule has 0 saturated carbocycles. The van der Waals surface area contributed by atoms with Crippen molar-refractivity contribution in [1.82, 2.24) is 4.90 Å². The van der Waals surface area contributed by atoms with Gasteiger partial charge >= 0.3 is 12.4 Å². The first kappa shape index (κ1) is 16.5. The highest BCUT2D eigenvalue weighted by Crippen LogP contribution is 2.38. The Hall–Kier alpha value is -1.86. The Morgan fingerprint density at radius 2 is 1.45 bits per heavy atom. The molecule has 1 heterocycles. The zero-order valence-corrected chi connectivity index (χ0v) is 11.7. The van der Waals surface area contributed by atoms with Gasteiger partial charge in [0.2, 0.25) is 0 Å². The standard InChI is InChI=1S/C14H14F6N2/c1-2-3-21-4-5-22(9-21)12-7-10(13(15,16)17)6-11(8-12)14(18,19)20/h4-8H,2-3,9H2,1H3. The lowest BCUT2D eigenvalue weighted by atomic mass is 10.1. The summed E-state index contributed by atoms with van der Waals surface area (Å²) < 4.78 is 76.8. The molecule has 2 nitrogen and oxygen atoms in total. The maximum atomic E-state index is 12.8. The van der Waals surface area contributed by atoms with Crippen molar-refractivity contribution >= 4 is 5.69 Å². The molecule has 0 amide bonds. The maximum absolute atomic E-state index is 12.8. The molecule has 0 fully saturated rings. The van der Waals surface area contributed by atoms with Gasteiger partial charge in [-0.2, -0.15) is 26.3 Å². The van der Waals surface area contributed by atoms with Gasteiger partial charge in [0.15, 0.2) is 0 Å². The van der Waals surface area contributed by atoms with Crippen molar-refractivity contribution in [3.63, 3.8) is 0 Å². The van der Waals surface area contributed by atoms with Crippen molar-refractivity contribution < 1.29 is 26.3 Å². The van der Waals surface area contributed by atoms with E-state index >= 15 is 0 Å². The van der Waals surface area contributed by atoms with Crippen LogP contribution in [-0.2, 0) is 12.4 Å². The van der Waals surface area contributed by atoms with Crippen molar-refractivity contribution in [3.05, 3.63) is 41.7 Å². The summed E-state index contributed by atoms with van der Waals surface area (Å²) >= 11 is 0. The molecule has 1 aromatic carbocycles. The van der Waals surface area contributed by atoms with Gasteiger partial charge in [0.1, 0.15) is 0 Å². The third kappa shape index (κ3) is 3.66. The van der Waals surface area contributed by atoms with Crippen LogP contribution >= 0.6 is 0 Å². The second-order valence-corrected chi connectivity index (χ2v) is 4.99. The van der Waals surface area contributed by atoms with E-state index in [1.54, 1.807) is 6.20 Å². The van der Waals surface area contributed by atoms with Gasteiger partial charge in [-0.3, -0.25) is 0 Å². The molecule has 0 saturated heterocycles. The highest BCUT2D eigenvalue weighted by atomic mass is 19.4. The minimum Gasteiger partial charge on any atom is -0.358 e. The third-order valence-electron chi connectivity index (χ3n) is 3.21. The molecule has 22 heavy (non-hydrogen) atoms. The normalized spacial score (nSPS) is 15.8. The first-order valence-electron chi connectivity index (χ1n) is 6.60. The molecule has 0 aliphatic carbocycles. The molecule has 0 spiro atoms. The second-order valence-electron chi connectivity index (χ2n) is 4.99. The van der Waals surface area contributed by atoms with E-state index in [0.717, 1.165) is 18.6 Å². The zero-order valence-electron chi connectivity index (χ0n) is 11.7. The van der Waals surface area contributed by atoms with Crippen molar-refractivity contribution in [2.45, 2.75) is 25.7 Å². The lowest BCUT2D eigenvalue weighted by molar-refractivity contribution is -0.143. The van der Waals surface area contributed by atoms with Gasteiger partial charge in [0, 0.05) is 24.6 Å². The lowest BCUT2D eigenvalue weighted by Crippen LogP contribution is -2.26. The van der Waals surface area contributed by atoms with Crippen LogP contribution in [0.1, 0.15) is 24.5 Å². The summed E-state index contributed by atoms with van der Waals surface area (Å²) in [6, 6.07) is 1.59. The molecule has 122 valence electrons. The average Bonchev–Trinajstić information content (AvgIpc) is 2.85. The third-order valence-corrected chi connectivity index (χ3v) is 3.21. The summed E-state index contributed by atoms with van der Waals surface area (Å²) in [5.74, 6) is 0. The topological polar surface area (TPSA) is 6.48 Å². The number of hydrogen-bond donors (Lipinski definition) is 0. The van der Waals surface area contributed by atoms with E-state index in [1.165, 1.54) is 11.1 Å². The molecular weight excluding hydrogens is 310 g/mol. The Balaban J connectivity index is 2.38. The Labute approximate surface area is 123 Å². The molecule has 1 aliphatic heterocycles. The summed E-state index contributed by atoms with van der Waals surface area (Å²) in [5.41, 5.74) is -2.74. The van der Waals surface area contributed by atoms with Gasteiger partial charge in [-0.1, -0.05) is 6.92 Å². The van der Waals surface area contributed by atoms with Crippen LogP contribution in [-0.4, -0.2) is 18.1 Å². The number of hydrogen-bond acceptors (Lipinski definition) is 2. The minimum atomic E-state index is -4.83. The number of nitrogens with zero attached hydrogens (tertiary/aromatic N) is 2. The van der Waals surface area contributed by atoms with Gasteiger partial charge < -0.3 is 9.80 Å². The smallest absolute Gasteiger partial charge is 0.358 e. The summed E-state index contributed by atoms with van der Waals surface area (Å²) in [5, 5.41) is 0. The van der Waals surface area contributed by atoms with E-state index in [4.69, 9.17) is 0 Å². The quantitative estimate of drug-likeness (QED) is 0.745. The minimum absolute atomic E-state index is 0.128. The molecular formula is C14H14F6N2. The maximum Gasteiger partial charge on any atom is 0.416 e. The number of halogens is 6. The Morgan fingerprint density at radius 3 is 1.91 bits per heavy atom. The fraction of sp³-hybridized carbons (Fsp3) is 0.429. The van der Waals surface area contributed by atoms with Crippen molar-refractivity contribution in [2.75, 3.05) is 18.1 Å². The van der Waals surface area contributed by atoms with Gasteiger partial charge in [0.05, 0.1) is 17.8 Å². The van der Waals surface area contributed by atoms with Crippen LogP contribution in [0.15, 0.2) is 30.6 Å². The predicted molar refractivity (Wildman–Crippen MR) is 69.9 cm³/mol. The van der Waals surface area contributed by atoms with Crippen LogP contribution in [0.25, 0.3) is 0 Å². The molecule has 0 atom stereocenters.